The van der Waals surface area contributed by atoms with Crippen LogP contribution in [0.5, 0.6) is 0 Å². The number of nitrogens with zero attached hydrogens (tertiary/aromatic N) is 3. The number of pyridine rings is 1. The van der Waals surface area contributed by atoms with Crippen LogP contribution in [0.2, 0.25) is 15.2 Å². The van der Waals surface area contributed by atoms with E-state index in [-0.39, 0.29) is 17.1 Å². The van der Waals surface area contributed by atoms with Gasteiger partial charge in [0.05, 0.1) is 0 Å². The highest BCUT2D eigenvalue weighted by molar-refractivity contribution is 7.99. The molecule has 0 unspecified atom stereocenters. The Labute approximate surface area is 270 Å². The maximum atomic E-state index is 13.9. The number of carbonyl (C=O) groups excluding carboxylic acids is 1. The molecule has 1 spiro atoms. The maximum absolute atomic E-state index is 13.9. The topological polar surface area (TPSA) is 36.4 Å². The number of fused-ring (bicyclic) bond motifs is 2. The largest absolute Gasteiger partial charge is 0.307 e. The molecule has 0 N–H and O–H groups in total. The number of aryl methyl sites for hydroxylation is 1. The zero-order chi connectivity index (χ0) is 30.1. The summed E-state index contributed by atoms with van der Waals surface area (Å²) in [7, 11) is 0. The van der Waals surface area contributed by atoms with Gasteiger partial charge in [-0.2, -0.15) is 0 Å². The van der Waals surface area contributed by atoms with E-state index in [1.807, 2.05) is 36.1 Å². The van der Waals surface area contributed by atoms with Crippen LogP contribution in [-0.2, 0) is 5.41 Å². The lowest BCUT2D eigenvalue weighted by atomic mass is 9.74. The Bertz CT molecular complexity index is 1680. The zero-order valence-electron chi connectivity index (χ0n) is 23.5. The number of hydrogen-bond donors (Lipinski definition) is 0. The number of anilines is 1. The highest BCUT2D eigenvalue weighted by atomic mass is 35.5. The molecule has 0 aliphatic carbocycles. The Hall–Kier alpha value is -2.87. The van der Waals surface area contributed by atoms with Crippen molar-refractivity contribution < 1.29 is 9.18 Å². The molecule has 2 aliphatic heterocycles. The van der Waals surface area contributed by atoms with Gasteiger partial charge in [-0.15, -0.1) is 0 Å². The van der Waals surface area contributed by atoms with Crippen LogP contribution in [0, 0.1) is 12.7 Å². The van der Waals surface area contributed by atoms with Gasteiger partial charge in [0, 0.05) is 55.3 Å². The molecule has 4 aromatic rings. The van der Waals surface area contributed by atoms with E-state index in [1.54, 1.807) is 42.1 Å². The molecule has 43 heavy (non-hydrogen) atoms. The first kappa shape index (κ1) is 30.2. The SMILES string of the molecule is Cc1cc(C(=O)N2CC3(CCN(C/C=C/c4ccc(Cl)cc4Cl)CC3)c3cc(Sc4ccc(F)cc4)ccc32)cc(Cl)n1. The average Bonchev–Trinajstić information content (AvgIpc) is 3.28. The minimum Gasteiger partial charge on any atom is -0.307 e. The Kier molecular flexibility index (Phi) is 8.86. The monoisotopic (exact) mass is 651 g/mol. The molecule has 1 amide bonds. The first-order valence-corrected chi connectivity index (χ1v) is 16.0. The second-order valence-electron chi connectivity index (χ2n) is 11.1. The van der Waals surface area contributed by atoms with Gasteiger partial charge in [0.15, 0.2) is 0 Å². The molecule has 0 bridgehead atoms. The van der Waals surface area contributed by atoms with Gasteiger partial charge in [-0.25, -0.2) is 9.37 Å². The van der Waals surface area contributed by atoms with Crippen molar-refractivity contribution in [3.63, 3.8) is 0 Å². The van der Waals surface area contributed by atoms with E-state index < -0.39 is 0 Å². The number of aromatic nitrogens is 1. The van der Waals surface area contributed by atoms with Gasteiger partial charge in [-0.1, -0.05) is 64.8 Å². The second-order valence-corrected chi connectivity index (χ2v) is 13.5. The number of likely N-dealkylation sites (tertiary alicyclic amines) is 1. The van der Waals surface area contributed by atoms with Crippen LogP contribution >= 0.6 is 46.6 Å². The van der Waals surface area contributed by atoms with Crippen LogP contribution in [-0.4, -0.2) is 42.0 Å². The van der Waals surface area contributed by atoms with Crippen LogP contribution in [0.25, 0.3) is 6.08 Å². The van der Waals surface area contributed by atoms with Crippen LogP contribution in [0.3, 0.4) is 0 Å². The summed E-state index contributed by atoms with van der Waals surface area (Å²) < 4.78 is 13.5. The highest BCUT2D eigenvalue weighted by Crippen LogP contribution is 2.49. The Morgan fingerprint density at radius 1 is 0.977 bits per heavy atom. The molecule has 1 fully saturated rings. The van der Waals surface area contributed by atoms with E-state index in [0.717, 1.165) is 53.5 Å². The van der Waals surface area contributed by atoms with Crippen molar-refractivity contribution in [3.8, 4) is 0 Å². The molecule has 6 rings (SSSR count). The second kappa shape index (κ2) is 12.6. The van der Waals surface area contributed by atoms with Crippen molar-refractivity contribution in [2.24, 2.45) is 0 Å². The van der Waals surface area contributed by atoms with Crippen molar-refractivity contribution in [1.29, 1.82) is 0 Å². The van der Waals surface area contributed by atoms with E-state index in [4.69, 9.17) is 34.8 Å². The molecule has 1 aromatic heterocycles. The first-order chi connectivity index (χ1) is 20.7. The predicted octanol–water partition coefficient (Wildman–Crippen LogP) is 9.35. The molecule has 9 heteroatoms. The fourth-order valence-electron chi connectivity index (χ4n) is 6.00. The van der Waals surface area contributed by atoms with Crippen molar-refractivity contribution in [1.82, 2.24) is 9.88 Å². The summed E-state index contributed by atoms with van der Waals surface area (Å²) in [6, 6.07) is 21.8. The van der Waals surface area contributed by atoms with Crippen LogP contribution in [0.1, 0.15) is 40.0 Å². The first-order valence-electron chi connectivity index (χ1n) is 14.1. The van der Waals surface area contributed by atoms with Crippen LogP contribution < -0.4 is 4.90 Å². The van der Waals surface area contributed by atoms with Gasteiger partial charge < -0.3 is 4.90 Å². The summed E-state index contributed by atoms with van der Waals surface area (Å²) in [5, 5.41) is 1.56. The molecular weight excluding hydrogens is 624 g/mol. The summed E-state index contributed by atoms with van der Waals surface area (Å²) in [6.45, 7) is 5.05. The van der Waals surface area contributed by atoms with Gasteiger partial charge in [-0.05, 0) is 111 Å². The Morgan fingerprint density at radius 3 is 2.44 bits per heavy atom. The number of benzene rings is 3. The molecule has 4 nitrogen and oxygen atoms in total. The van der Waals surface area contributed by atoms with E-state index in [1.165, 1.54) is 17.7 Å². The number of amides is 1. The molecular formula is C34H29Cl3FN3OS. The number of halogens is 4. The lowest BCUT2D eigenvalue weighted by Crippen LogP contribution is -2.46. The lowest BCUT2D eigenvalue weighted by Gasteiger charge is -2.39. The molecule has 0 atom stereocenters. The molecule has 2 aliphatic rings. The number of carbonyl (C=O) groups is 1. The van der Waals surface area contributed by atoms with E-state index in [0.29, 0.717) is 33.0 Å². The molecule has 220 valence electrons. The van der Waals surface area contributed by atoms with Crippen molar-refractivity contribution in [2.75, 3.05) is 31.1 Å². The fraction of sp³-hybridized carbons (Fsp3) is 0.235. The van der Waals surface area contributed by atoms with Crippen molar-refractivity contribution in [2.45, 2.75) is 35.0 Å². The van der Waals surface area contributed by atoms with Gasteiger partial charge >= 0.3 is 0 Å². The minimum absolute atomic E-state index is 0.0744. The maximum Gasteiger partial charge on any atom is 0.258 e. The number of piperidine rings is 1. The predicted molar refractivity (Wildman–Crippen MR) is 175 cm³/mol. The molecule has 3 heterocycles. The minimum atomic E-state index is -0.254. The average molecular weight is 653 g/mol. The quantitative estimate of drug-likeness (QED) is 0.195. The molecule has 0 saturated carbocycles. The molecule has 0 radical (unpaired) electrons. The van der Waals surface area contributed by atoms with E-state index in [9.17, 15) is 9.18 Å². The molecule has 3 aromatic carbocycles. The third-order valence-corrected chi connectivity index (χ3v) is 9.94. The third-order valence-electron chi connectivity index (χ3n) is 8.19. The van der Waals surface area contributed by atoms with Crippen LogP contribution in [0.15, 0.2) is 88.7 Å². The summed E-state index contributed by atoms with van der Waals surface area (Å²) >= 11 is 20.2. The Balaban J connectivity index is 1.25. The van der Waals surface area contributed by atoms with Crippen molar-refractivity contribution in [3.05, 3.63) is 122 Å². The van der Waals surface area contributed by atoms with Gasteiger partial charge in [0.1, 0.15) is 11.0 Å². The summed E-state index contributed by atoms with van der Waals surface area (Å²) in [4.78, 5) is 24.5. The standard InChI is InChI=1S/C34H29Cl3FN3OS/c1-22-17-24(18-32(37)39-22)33(42)41-21-34(29-20-28(10-11-31(29)41)43-27-8-6-26(38)7-9-27)12-15-40(16-13-34)14-2-3-23-4-5-25(35)19-30(23)36/h2-11,17-20H,12-16,21H2,1H3/b3-2+. The summed E-state index contributed by atoms with van der Waals surface area (Å²) in [5.41, 5.74) is 4.13. The van der Waals surface area contributed by atoms with Gasteiger partial charge in [-0.3, -0.25) is 9.69 Å². The van der Waals surface area contributed by atoms with Gasteiger partial charge in [0.25, 0.3) is 5.91 Å². The van der Waals surface area contributed by atoms with Crippen molar-refractivity contribution >= 4 is 64.2 Å². The number of hydrogen-bond acceptors (Lipinski definition) is 4. The lowest BCUT2D eigenvalue weighted by molar-refractivity contribution is 0.0977. The van der Waals surface area contributed by atoms with E-state index >= 15 is 0 Å². The zero-order valence-corrected chi connectivity index (χ0v) is 26.6. The normalized spacial score (nSPS) is 16.3. The van der Waals surface area contributed by atoms with E-state index in [2.05, 4.69) is 28.1 Å². The fourth-order valence-corrected chi connectivity index (χ4v) is 7.58. The summed E-state index contributed by atoms with van der Waals surface area (Å²) in [5.74, 6) is -0.328. The van der Waals surface area contributed by atoms with Crippen LogP contribution in [0.4, 0.5) is 10.1 Å². The third kappa shape index (κ3) is 6.64. The smallest absolute Gasteiger partial charge is 0.258 e. The number of rotatable bonds is 6. The van der Waals surface area contributed by atoms with Gasteiger partial charge in [0.2, 0.25) is 0 Å². The highest BCUT2D eigenvalue weighted by Gasteiger charge is 2.46. The summed E-state index contributed by atoms with van der Waals surface area (Å²) in [6.07, 6.45) is 6.01. The molecule has 1 saturated heterocycles. The Morgan fingerprint density at radius 2 is 1.72 bits per heavy atom.